The monoisotopic (exact) mass is 295 g/mol. The molecule has 0 bridgehead atoms. The zero-order valence-electron chi connectivity index (χ0n) is 11.9. The van der Waals surface area contributed by atoms with Gasteiger partial charge in [0.05, 0.1) is 0 Å². The average Bonchev–Trinajstić information content (AvgIpc) is 2.46. The van der Waals surface area contributed by atoms with Gasteiger partial charge in [0, 0.05) is 11.6 Å². The fraction of sp³-hybridized carbons (Fsp3) is 0.562. The van der Waals surface area contributed by atoms with Crippen LogP contribution in [0, 0.1) is 5.92 Å². The van der Waals surface area contributed by atoms with Crippen LogP contribution in [0.5, 0.6) is 5.75 Å². The highest BCUT2D eigenvalue weighted by molar-refractivity contribution is 6.30. The topological polar surface area (TPSA) is 38.3 Å². The second-order valence-electron chi connectivity index (χ2n) is 5.47. The van der Waals surface area contributed by atoms with Crippen molar-refractivity contribution >= 4 is 17.5 Å². The van der Waals surface area contributed by atoms with Gasteiger partial charge in [-0.1, -0.05) is 36.9 Å². The summed E-state index contributed by atoms with van der Waals surface area (Å²) < 4.78 is 5.60. The molecule has 0 spiro atoms. The molecule has 0 saturated heterocycles. The van der Waals surface area contributed by atoms with E-state index in [1.165, 1.54) is 32.1 Å². The van der Waals surface area contributed by atoms with Crippen LogP contribution in [-0.4, -0.2) is 18.6 Å². The molecule has 1 aromatic rings. The van der Waals surface area contributed by atoms with Crippen molar-refractivity contribution < 1.29 is 9.53 Å². The van der Waals surface area contributed by atoms with E-state index in [1.807, 2.05) is 6.07 Å². The lowest BCUT2D eigenvalue weighted by atomic mass is 9.89. The van der Waals surface area contributed by atoms with E-state index in [0.717, 1.165) is 6.54 Å². The maximum atomic E-state index is 12.0. The van der Waals surface area contributed by atoms with E-state index in [-0.39, 0.29) is 5.91 Å². The van der Waals surface area contributed by atoms with Gasteiger partial charge in [-0.05, 0) is 43.9 Å². The molecular weight excluding hydrogens is 274 g/mol. The summed E-state index contributed by atoms with van der Waals surface area (Å²) in [7, 11) is 0. The van der Waals surface area contributed by atoms with E-state index in [2.05, 4.69) is 5.32 Å². The molecule has 1 fully saturated rings. The number of rotatable bonds is 5. The molecule has 110 valence electrons. The zero-order valence-corrected chi connectivity index (χ0v) is 12.7. The Hall–Kier alpha value is -1.22. The van der Waals surface area contributed by atoms with E-state index in [1.54, 1.807) is 25.1 Å². The van der Waals surface area contributed by atoms with E-state index < -0.39 is 6.10 Å². The number of nitrogens with one attached hydrogen (secondary N) is 1. The number of hydrogen-bond acceptors (Lipinski definition) is 2. The maximum Gasteiger partial charge on any atom is 0.260 e. The van der Waals surface area contributed by atoms with Crippen LogP contribution in [0.25, 0.3) is 0 Å². The van der Waals surface area contributed by atoms with Crippen molar-refractivity contribution in [1.82, 2.24) is 5.32 Å². The van der Waals surface area contributed by atoms with Gasteiger partial charge >= 0.3 is 0 Å². The van der Waals surface area contributed by atoms with Gasteiger partial charge in [-0.3, -0.25) is 4.79 Å². The Morgan fingerprint density at radius 1 is 1.40 bits per heavy atom. The largest absolute Gasteiger partial charge is 0.481 e. The lowest BCUT2D eigenvalue weighted by molar-refractivity contribution is -0.127. The van der Waals surface area contributed by atoms with Crippen LogP contribution in [-0.2, 0) is 4.79 Å². The first-order valence-corrected chi connectivity index (χ1v) is 7.73. The highest BCUT2D eigenvalue weighted by Crippen LogP contribution is 2.23. The van der Waals surface area contributed by atoms with Crippen LogP contribution < -0.4 is 10.1 Å². The molecule has 1 aromatic carbocycles. The van der Waals surface area contributed by atoms with E-state index in [0.29, 0.717) is 16.7 Å². The molecule has 1 atom stereocenters. The van der Waals surface area contributed by atoms with Crippen molar-refractivity contribution in [3.63, 3.8) is 0 Å². The number of amides is 1. The number of ether oxygens (including phenoxy) is 1. The standard InChI is InChI=1S/C16H22ClNO2/c1-12(20-15-9-5-8-14(17)10-15)16(19)18-11-13-6-3-2-4-7-13/h5,8-10,12-13H,2-4,6-7,11H2,1H3,(H,18,19). The minimum atomic E-state index is -0.503. The first kappa shape index (κ1) is 15.2. The Labute approximate surface area is 125 Å². The maximum absolute atomic E-state index is 12.0. The van der Waals surface area contributed by atoms with Crippen molar-refractivity contribution in [2.75, 3.05) is 6.54 Å². The summed E-state index contributed by atoms with van der Waals surface area (Å²) in [5.74, 6) is 1.19. The molecule has 3 nitrogen and oxygen atoms in total. The second kappa shape index (κ2) is 7.53. The Morgan fingerprint density at radius 3 is 2.85 bits per heavy atom. The molecule has 1 aliphatic rings. The Bertz CT molecular complexity index is 444. The summed E-state index contributed by atoms with van der Waals surface area (Å²) >= 11 is 5.89. The minimum Gasteiger partial charge on any atom is -0.481 e. The lowest BCUT2D eigenvalue weighted by Gasteiger charge is -2.23. The number of benzene rings is 1. The number of carbonyl (C=O) groups excluding carboxylic acids is 1. The quantitative estimate of drug-likeness (QED) is 0.897. The molecule has 1 amide bonds. The number of carbonyl (C=O) groups is 1. The summed E-state index contributed by atoms with van der Waals surface area (Å²) in [5, 5.41) is 3.60. The van der Waals surface area contributed by atoms with Gasteiger partial charge in [-0.25, -0.2) is 0 Å². The molecule has 0 heterocycles. The third kappa shape index (κ3) is 4.71. The van der Waals surface area contributed by atoms with Crippen molar-refractivity contribution in [1.29, 1.82) is 0 Å². The summed E-state index contributed by atoms with van der Waals surface area (Å²) in [4.78, 5) is 12.0. The van der Waals surface area contributed by atoms with Gasteiger partial charge in [0.15, 0.2) is 6.10 Å². The third-order valence-electron chi connectivity index (χ3n) is 3.77. The molecule has 4 heteroatoms. The Morgan fingerprint density at radius 2 is 2.15 bits per heavy atom. The fourth-order valence-electron chi connectivity index (χ4n) is 2.58. The van der Waals surface area contributed by atoms with Gasteiger partial charge in [0.2, 0.25) is 0 Å². The Balaban J connectivity index is 1.76. The summed E-state index contributed by atoms with van der Waals surface area (Å²) in [6, 6.07) is 7.11. The molecule has 1 aliphatic carbocycles. The van der Waals surface area contributed by atoms with Crippen molar-refractivity contribution in [2.45, 2.75) is 45.1 Å². The molecule has 0 aliphatic heterocycles. The molecule has 1 unspecified atom stereocenters. The van der Waals surface area contributed by atoms with E-state index >= 15 is 0 Å². The van der Waals surface area contributed by atoms with Gasteiger partial charge < -0.3 is 10.1 Å². The summed E-state index contributed by atoms with van der Waals surface area (Å²) in [6.07, 6.45) is 5.85. The first-order valence-electron chi connectivity index (χ1n) is 7.35. The van der Waals surface area contributed by atoms with Gasteiger partial charge in [0.1, 0.15) is 5.75 Å². The van der Waals surface area contributed by atoms with Gasteiger partial charge in [-0.2, -0.15) is 0 Å². The molecule has 1 saturated carbocycles. The first-order chi connectivity index (χ1) is 9.65. The van der Waals surface area contributed by atoms with Crippen LogP contribution in [0.2, 0.25) is 5.02 Å². The molecular formula is C16H22ClNO2. The average molecular weight is 296 g/mol. The molecule has 2 rings (SSSR count). The van der Waals surface area contributed by atoms with Crippen LogP contribution in [0.1, 0.15) is 39.0 Å². The predicted octanol–water partition coefficient (Wildman–Crippen LogP) is 3.80. The third-order valence-corrected chi connectivity index (χ3v) is 4.00. The molecule has 1 N–H and O–H groups in total. The van der Waals surface area contributed by atoms with Crippen molar-refractivity contribution in [3.8, 4) is 5.75 Å². The lowest BCUT2D eigenvalue weighted by Crippen LogP contribution is -2.39. The molecule has 0 aromatic heterocycles. The number of hydrogen-bond donors (Lipinski definition) is 1. The van der Waals surface area contributed by atoms with Crippen LogP contribution in [0.3, 0.4) is 0 Å². The highest BCUT2D eigenvalue weighted by Gasteiger charge is 2.18. The zero-order chi connectivity index (χ0) is 14.4. The van der Waals surface area contributed by atoms with Crippen molar-refractivity contribution in [3.05, 3.63) is 29.3 Å². The van der Waals surface area contributed by atoms with Crippen LogP contribution >= 0.6 is 11.6 Å². The molecule has 0 radical (unpaired) electrons. The van der Waals surface area contributed by atoms with Crippen LogP contribution in [0.4, 0.5) is 0 Å². The summed E-state index contributed by atoms with van der Waals surface area (Å²) in [5.41, 5.74) is 0. The smallest absolute Gasteiger partial charge is 0.260 e. The minimum absolute atomic E-state index is 0.0597. The van der Waals surface area contributed by atoms with Crippen molar-refractivity contribution in [2.24, 2.45) is 5.92 Å². The van der Waals surface area contributed by atoms with Gasteiger partial charge in [0.25, 0.3) is 5.91 Å². The van der Waals surface area contributed by atoms with Crippen LogP contribution in [0.15, 0.2) is 24.3 Å². The second-order valence-corrected chi connectivity index (χ2v) is 5.90. The predicted molar refractivity (Wildman–Crippen MR) is 81.1 cm³/mol. The van der Waals surface area contributed by atoms with Gasteiger partial charge in [-0.15, -0.1) is 0 Å². The SMILES string of the molecule is CC(Oc1cccc(Cl)c1)C(=O)NCC1CCCCC1. The van der Waals surface area contributed by atoms with E-state index in [9.17, 15) is 4.79 Å². The fourth-order valence-corrected chi connectivity index (χ4v) is 2.76. The summed E-state index contributed by atoms with van der Waals surface area (Å²) in [6.45, 7) is 2.53. The molecule has 20 heavy (non-hydrogen) atoms. The van der Waals surface area contributed by atoms with E-state index in [4.69, 9.17) is 16.3 Å². The number of halogens is 1. The Kier molecular flexibility index (Phi) is 5.72. The highest BCUT2D eigenvalue weighted by atomic mass is 35.5. The normalized spacial score (nSPS) is 17.5.